The minimum atomic E-state index is -0.783. The fourth-order valence-electron chi connectivity index (χ4n) is 4.00. The van der Waals surface area contributed by atoms with Crippen LogP contribution in [-0.2, 0) is 20.7 Å². The number of hydrogen-bond donors (Lipinski definition) is 0. The van der Waals surface area contributed by atoms with E-state index in [1.807, 2.05) is 50.2 Å². The molecule has 154 valence electrons. The van der Waals surface area contributed by atoms with Crippen molar-refractivity contribution in [2.45, 2.75) is 52.1 Å². The smallest absolute Gasteiger partial charge is 0.338 e. The fraction of sp³-hybridized carbons (Fsp3) is 0.440. The van der Waals surface area contributed by atoms with Gasteiger partial charge in [0.15, 0.2) is 0 Å². The molecule has 2 unspecified atom stereocenters. The summed E-state index contributed by atoms with van der Waals surface area (Å²) in [6.45, 7) is 4.42. The maximum Gasteiger partial charge on any atom is 0.338 e. The first kappa shape index (κ1) is 21.1. The minimum Gasteiger partial charge on any atom is -0.465 e. The molecular formula is C25H30O4. The van der Waals surface area contributed by atoms with E-state index in [0.717, 1.165) is 12.8 Å². The van der Waals surface area contributed by atoms with E-state index >= 15 is 0 Å². The van der Waals surface area contributed by atoms with Gasteiger partial charge in [0.1, 0.15) is 11.5 Å². The third-order valence-electron chi connectivity index (χ3n) is 5.62. The van der Waals surface area contributed by atoms with E-state index in [0.29, 0.717) is 31.4 Å². The zero-order valence-electron chi connectivity index (χ0n) is 17.3. The van der Waals surface area contributed by atoms with E-state index in [-0.39, 0.29) is 17.9 Å². The Kier molecular flexibility index (Phi) is 7.08. The first-order valence-electron chi connectivity index (χ1n) is 10.5. The molecular weight excluding hydrogens is 364 g/mol. The number of esters is 2. The third kappa shape index (κ3) is 5.26. The van der Waals surface area contributed by atoms with Gasteiger partial charge in [-0.15, -0.1) is 0 Å². The van der Waals surface area contributed by atoms with E-state index < -0.39 is 11.5 Å². The topological polar surface area (TPSA) is 52.6 Å². The maximum absolute atomic E-state index is 13.2. The molecule has 0 amide bonds. The second-order valence-electron chi connectivity index (χ2n) is 8.29. The Hall–Kier alpha value is -2.62. The fourth-order valence-corrected chi connectivity index (χ4v) is 4.00. The molecule has 4 heteroatoms. The molecule has 0 radical (unpaired) electrons. The molecule has 1 aliphatic rings. The van der Waals surface area contributed by atoms with Gasteiger partial charge in [-0.05, 0) is 55.7 Å². The minimum absolute atomic E-state index is 0.231. The number of ether oxygens (including phenoxy) is 2. The van der Waals surface area contributed by atoms with Crippen LogP contribution in [0.1, 0.15) is 55.5 Å². The highest BCUT2D eigenvalue weighted by Gasteiger charge is 2.52. The van der Waals surface area contributed by atoms with Crippen molar-refractivity contribution >= 4 is 11.9 Å². The number of aryl methyl sites for hydroxylation is 1. The van der Waals surface area contributed by atoms with Crippen LogP contribution in [0.5, 0.6) is 0 Å². The van der Waals surface area contributed by atoms with Crippen LogP contribution in [0, 0.1) is 11.3 Å². The standard InChI is InChI=1S/C25H30O4/c1-19(2)18-28-24(27)25(17-15-20-10-5-3-6-11-20)16-9-14-22(25)29-23(26)21-12-7-4-8-13-21/h3-8,10-13,19,22H,9,14-18H2,1-2H3. The van der Waals surface area contributed by atoms with Gasteiger partial charge in [-0.1, -0.05) is 62.4 Å². The summed E-state index contributed by atoms with van der Waals surface area (Å²) in [5.41, 5.74) is 0.894. The summed E-state index contributed by atoms with van der Waals surface area (Å²) >= 11 is 0. The highest BCUT2D eigenvalue weighted by Crippen LogP contribution is 2.45. The van der Waals surface area contributed by atoms with Crippen LogP contribution in [0.15, 0.2) is 60.7 Å². The van der Waals surface area contributed by atoms with Gasteiger partial charge < -0.3 is 9.47 Å². The normalized spacial score (nSPS) is 21.1. The molecule has 29 heavy (non-hydrogen) atoms. The largest absolute Gasteiger partial charge is 0.465 e. The predicted molar refractivity (Wildman–Crippen MR) is 112 cm³/mol. The predicted octanol–water partition coefficient (Wildman–Crippen LogP) is 5.21. The number of carbonyl (C=O) groups is 2. The molecule has 1 fully saturated rings. The van der Waals surface area contributed by atoms with Crippen molar-refractivity contribution in [3.63, 3.8) is 0 Å². The first-order chi connectivity index (χ1) is 14.0. The molecule has 0 spiro atoms. The van der Waals surface area contributed by atoms with Crippen molar-refractivity contribution < 1.29 is 19.1 Å². The van der Waals surface area contributed by atoms with Crippen LogP contribution < -0.4 is 0 Å². The molecule has 0 aliphatic heterocycles. The van der Waals surface area contributed by atoms with E-state index in [1.54, 1.807) is 12.1 Å². The average Bonchev–Trinajstić information content (AvgIpc) is 3.15. The van der Waals surface area contributed by atoms with Gasteiger partial charge in [0.05, 0.1) is 12.2 Å². The van der Waals surface area contributed by atoms with E-state index in [2.05, 4.69) is 12.1 Å². The molecule has 0 heterocycles. The molecule has 3 rings (SSSR count). The Bertz CT molecular complexity index is 800. The Morgan fingerprint density at radius 2 is 1.69 bits per heavy atom. The molecule has 2 aromatic carbocycles. The highest BCUT2D eigenvalue weighted by atomic mass is 16.6. The molecule has 0 saturated heterocycles. The van der Waals surface area contributed by atoms with Crippen LogP contribution in [0.25, 0.3) is 0 Å². The van der Waals surface area contributed by atoms with Gasteiger partial charge in [0.2, 0.25) is 0 Å². The second-order valence-corrected chi connectivity index (χ2v) is 8.29. The number of rotatable bonds is 8. The van der Waals surface area contributed by atoms with Crippen molar-refractivity contribution in [2.75, 3.05) is 6.61 Å². The molecule has 0 aromatic heterocycles. The highest BCUT2D eigenvalue weighted by molar-refractivity contribution is 5.90. The summed E-state index contributed by atoms with van der Waals surface area (Å²) in [5, 5.41) is 0. The average molecular weight is 395 g/mol. The molecule has 1 aliphatic carbocycles. The molecule has 0 N–H and O–H groups in total. The summed E-state index contributed by atoms with van der Waals surface area (Å²) in [7, 11) is 0. The van der Waals surface area contributed by atoms with Gasteiger partial charge in [0, 0.05) is 0 Å². The van der Waals surface area contributed by atoms with Crippen LogP contribution in [-0.4, -0.2) is 24.6 Å². The Balaban J connectivity index is 1.79. The quantitative estimate of drug-likeness (QED) is 0.577. The Morgan fingerprint density at radius 1 is 1.03 bits per heavy atom. The first-order valence-corrected chi connectivity index (χ1v) is 10.5. The van der Waals surface area contributed by atoms with E-state index in [9.17, 15) is 9.59 Å². The van der Waals surface area contributed by atoms with Crippen molar-refractivity contribution in [1.29, 1.82) is 0 Å². The second kappa shape index (κ2) is 9.73. The van der Waals surface area contributed by atoms with Crippen molar-refractivity contribution in [2.24, 2.45) is 11.3 Å². The molecule has 2 aromatic rings. The lowest BCUT2D eigenvalue weighted by atomic mass is 9.78. The molecule has 0 bridgehead atoms. The lowest BCUT2D eigenvalue weighted by Crippen LogP contribution is -2.43. The molecule has 4 nitrogen and oxygen atoms in total. The lowest BCUT2D eigenvalue weighted by Gasteiger charge is -2.33. The van der Waals surface area contributed by atoms with Crippen LogP contribution in [0.2, 0.25) is 0 Å². The van der Waals surface area contributed by atoms with Crippen LogP contribution in [0.3, 0.4) is 0 Å². The number of carbonyl (C=O) groups excluding carboxylic acids is 2. The summed E-state index contributed by atoms with van der Waals surface area (Å²) in [4.78, 5) is 25.9. The number of benzene rings is 2. The van der Waals surface area contributed by atoms with E-state index in [4.69, 9.17) is 9.47 Å². The Morgan fingerprint density at radius 3 is 2.34 bits per heavy atom. The van der Waals surface area contributed by atoms with Crippen LogP contribution >= 0.6 is 0 Å². The van der Waals surface area contributed by atoms with Crippen LogP contribution in [0.4, 0.5) is 0 Å². The molecule has 2 atom stereocenters. The van der Waals surface area contributed by atoms with Gasteiger partial charge in [0.25, 0.3) is 0 Å². The van der Waals surface area contributed by atoms with Crippen molar-refractivity contribution in [3.05, 3.63) is 71.8 Å². The molecule has 1 saturated carbocycles. The zero-order valence-corrected chi connectivity index (χ0v) is 17.3. The van der Waals surface area contributed by atoms with Gasteiger partial charge in [-0.3, -0.25) is 4.79 Å². The summed E-state index contributed by atoms with van der Waals surface area (Å²) in [6.07, 6.45) is 3.11. The third-order valence-corrected chi connectivity index (χ3v) is 5.62. The summed E-state index contributed by atoms with van der Waals surface area (Å²) < 4.78 is 11.6. The summed E-state index contributed by atoms with van der Waals surface area (Å²) in [6, 6.07) is 19.1. The lowest BCUT2D eigenvalue weighted by molar-refractivity contribution is -0.163. The zero-order chi connectivity index (χ0) is 20.7. The van der Waals surface area contributed by atoms with Crippen molar-refractivity contribution in [1.82, 2.24) is 0 Å². The SMILES string of the molecule is CC(C)COC(=O)C1(CCc2ccccc2)CCCC1OC(=O)c1ccccc1. The monoisotopic (exact) mass is 394 g/mol. The Labute approximate surface area is 173 Å². The van der Waals surface area contributed by atoms with Gasteiger partial charge in [-0.25, -0.2) is 4.79 Å². The number of hydrogen-bond acceptors (Lipinski definition) is 4. The van der Waals surface area contributed by atoms with Crippen molar-refractivity contribution in [3.8, 4) is 0 Å². The van der Waals surface area contributed by atoms with Gasteiger partial charge in [-0.2, -0.15) is 0 Å². The van der Waals surface area contributed by atoms with Gasteiger partial charge >= 0.3 is 11.9 Å². The van der Waals surface area contributed by atoms with E-state index in [1.165, 1.54) is 5.56 Å². The maximum atomic E-state index is 13.2. The summed E-state index contributed by atoms with van der Waals surface area (Å²) in [5.74, 6) is -0.347.